The Hall–Kier alpha value is -1.88. The molecule has 3 heterocycles. The SMILES string of the molecule is Cc1nc2c(C)cccn2c1C(=O)N1CCNCC1. The highest BCUT2D eigenvalue weighted by molar-refractivity contribution is 5.95. The second kappa shape index (κ2) is 4.66. The van der Waals surface area contributed by atoms with E-state index in [1.807, 2.05) is 41.5 Å². The van der Waals surface area contributed by atoms with Crippen molar-refractivity contribution in [1.29, 1.82) is 0 Å². The number of rotatable bonds is 1. The number of piperazine rings is 1. The molecule has 1 saturated heterocycles. The Morgan fingerprint density at radius 2 is 2.05 bits per heavy atom. The molecule has 1 aliphatic heterocycles. The summed E-state index contributed by atoms with van der Waals surface area (Å²) in [7, 11) is 0. The van der Waals surface area contributed by atoms with Gasteiger partial charge in [-0.15, -0.1) is 0 Å². The minimum Gasteiger partial charge on any atom is -0.335 e. The lowest BCUT2D eigenvalue weighted by Gasteiger charge is -2.27. The first-order chi connectivity index (χ1) is 9.18. The molecule has 5 heteroatoms. The Morgan fingerprint density at radius 1 is 1.32 bits per heavy atom. The summed E-state index contributed by atoms with van der Waals surface area (Å²) in [4.78, 5) is 19.1. The van der Waals surface area contributed by atoms with Crippen molar-refractivity contribution in [2.75, 3.05) is 26.2 Å². The number of hydrogen-bond donors (Lipinski definition) is 1. The van der Waals surface area contributed by atoms with Crippen LogP contribution in [0.4, 0.5) is 0 Å². The Bertz CT molecular complexity index is 626. The van der Waals surface area contributed by atoms with Gasteiger partial charge in [-0.1, -0.05) is 6.07 Å². The van der Waals surface area contributed by atoms with E-state index < -0.39 is 0 Å². The van der Waals surface area contributed by atoms with Crippen molar-refractivity contribution in [3.8, 4) is 0 Å². The molecule has 0 atom stereocenters. The third kappa shape index (κ3) is 2.00. The summed E-state index contributed by atoms with van der Waals surface area (Å²) in [6.45, 7) is 7.17. The number of pyridine rings is 1. The van der Waals surface area contributed by atoms with Crippen molar-refractivity contribution in [2.24, 2.45) is 0 Å². The van der Waals surface area contributed by atoms with E-state index in [1.54, 1.807) is 0 Å². The second-order valence-electron chi connectivity index (χ2n) is 4.97. The van der Waals surface area contributed by atoms with E-state index in [4.69, 9.17) is 0 Å². The highest BCUT2D eigenvalue weighted by atomic mass is 16.2. The molecule has 100 valence electrons. The van der Waals surface area contributed by atoms with E-state index in [-0.39, 0.29) is 5.91 Å². The smallest absolute Gasteiger partial charge is 0.272 e. The average Bonchev–Trinajstić information content (AvgIpc) is 2.77. The molecular weight excluding hydrogens is 240 g/mol. The summed E-state index contributed by atoms with van der Waals surface area (Å²) in [6.07, 6.45) is 1.91. The van der Waals surface area contributed by atoms with Crippen molar-refractivity contribution in [1.82, 2.24) is 19.6 Å². The van der Waals surface area contributed by atoms with Gasteiger partial charge in [0.05, 0.1) is 5.69 Å². The molecule has 0 spiro atoms. The highest BCUT2D eigenvalue weighted by Gasteiger charge is 2.23. The average molecular weight is 258 g/mol. The van der Waals surface area contributed by atoms with Crippen molar-refractivity contribution < 1.29 is 4.79 Å². The highest BCUT2D eigenvalue weighted by Crippen LogP contribution is 2.17. The van der Waals surface area contributed by atoms with Crippen LogP contribution in [0.5, 0.6) is 0 Å². The van der Waals surface area contributed by atoms with Gasteiger partial charge in [0.2, 0.25) is 0 Å². The minimum absolute atomic E-state index is 0.0806. The Morgan fingerprint density at radius 3 is 2.79 bits per heavy atom. The van der Waals surface area contributed by atoms with Gasteiger partial charge in [0.1, 0.15) is 11.3 Å². The molecule has 0 aliphatic carbocycles. The maximum atomic E-state index is 12.6. The summed E-state index contributed by atoms with van der Waals surface area (Å²) in [6, 6.07) is 3.97. The van der Waals surface area contributed by atoms with Gasteiger partial charge in [0.15, 0.2) is 0 Å². The van der Waals surface area contributed by atoms with Gasteiger partial charge >= 0.3 is 0 Å². The number of amides is 1. The molecule has 5 nitrogen and oxygen atoms in total. The number of nitrogens with one attached hydrogen (secondary N) is 1. The maximum absolute atomic E-state index is 12.6. The predicted octanol–water partition coefficient (Wildman–Crippen LogP) is 0.997. The molecule has 0 aromatic carbocycles. The van der Waals surface area contributed by atoms with Crippen LogP contribution in [0.2, 0.25) is 0 Å². The summed E-state index contributed by atoms with van der Waals surface area (Å²) in [5.41, 5.74) is 3.46. The van der Waals surface area contributed by atoms with Gasteiger partial charge in [-0.25, -0.2) is 4.98 Å². The standard InChI is InChI=1S/C14H18N4O/c1-10-4-3-7-18-12(11(2)16-13(10)18)14(19)17-8-5-15-6-9-17/h3-4,7,15H,5-6,8-9H2,1-2H3. The largest absolute Gasteiger partial charge is 0.335 e. The fraction of sp³-hybridized carbons (Fsp3) is 0.429. The van der Waals surface area contributed by atoms with E-state index in [2.05, 4.69) is 10.3 Å². The van der Waals surface area contributed by atoms with Crippen LogP contribution in [0.25, 0.3) is 5.65 Å². The number of imidazole rings is 1. The number of carbonyl (C=O) groups is 1. The van der Waals surface area contributed by atoms with Gasteiger partial charge in [-0.3, -0.25) is 9.20 Å². The molecule has 0 saturated carbocycles. The first-order valence-electron chi connectivity index (χ1n) is 6.63. The van der Waals surface area contributed by atoms with Gasteiger partial charge in [-0.2, -0.15) is 0 Å². The molecule has 2 aromatic rings. The number of nitrogens with zero attached hydrogens (tertiary/aromatic N) is 3. The van der Waals surface area contributed by atoms with E-state index in [0.717, 1.165) is 43.1 Å². The zero-order chi connectivity index (χ0) is 13.4. The lowest BCUT2D eigenvalue weighted by atomic mass is 10.2. The minimum atomic E-state index is 0.0806. The van der Waals surface area contributed by atoms with E-state index in [9.17, 15) is 4.79 Å². The Kier molecular flexibility index (Phi) is 2.98. The topological polar surface area (TPSA) is 49.6 Å². The van der Waals surface area contributed by atoms with Crippen LogP contribution in [0, 0.1) is 13.8 Å². The van der Waals surface area contributed by atoms with Crippen LogP contribution in [-0.4, -0.2) is 46.4 Å². The van der Waals surface area contributed by atoms with E-state index >= 15 is 0 Å². The van der Waals surface area contributed by atoms with Crippen LogP contribution in [0.3, 0.4) is 0 Å². The van der Waals surface area contributed by atoms with Crippen molar-refractivity contribution in [3.63, 3.8) is 0 Å². The first kappa shape index (κ1) is 12.2. The van der Waals surface area contributed by atoms with Gasteiger partial charge in [0, 0.05) is 32.4 Å². The summed E-state index contributed by atoms with van der Waals surface area (Å²) in [5.74, 6) is 0.0806. The zero-order valence-corrected chi connectivity index (χ0v) is 11.3. The molecule has 0 radical (unpaired) electrons. The van der Waals surface area contributed by atoms with Crippen molar-refractivity contribution >= 4 is 11.6 Å². The van der Waals surface area contributed by atoms with Gasteiger partial charge in [-0.05, 0) is 25.5 Å². The molecule has 3 rings (SSSR count). The Labute approximate surface area is 112 Å². The second-order valence-corrected chi connectivity index (χ2v) is 4.97. The van der Waals surface area contributed by atoms with Crippen molar-refractivity contribution in [3.05, 3.63) is 35.3 Å². The van der Waals surface area contributed by atoms with Crippen LogP contribution in [0.15, 0.2) is 18.3 Å². The molecule has 1 aliphatic rings. The third-order valence-corrected chi connectivity index (χ3v) is 3.63. The predicted molar refractivity (Wildman–Crippen MR) is 73.4 cm³/mol. The Balaban J connectivity index is 2.06. The third-order valence-electron chi connectivity index (χ3n) is 3.63. The summed E-state index contributed by atoms with van der Waals surface area (Å²) >= 11 is 0. The van der Waals surface area contributed by atoms with Crippen LogP contribution >= 0.6 is 0 Å². The lowest BCUT2D eigenvalue weighted by Crippen LogP contribution is -2.46. The quantitative estimate of drug-likeness (QED) is 0.830. The molecule has 1 amide bonds. The van der Waals surface area contributed by atoms with Crippen molar-refractivity contribution in [2.45, 2.75) is 13.8 Å². The number of aromatic nitrogens is 2. The molecule has 19 heavy (non-hydrogen) atoms. The molecule has 1 fully saturated rings. The first-order valence-corrected chi connectivity index (χ1v) is 6.63. The number of carbonyl (C=O) groups excluding carboxylic acids is 1. The molecule has 0 bridgehead atoms. The summed E-state index contributed by atoms with van der Waals surface area (Å²) < 4.78 is 1.91. The molecular formula is C14H18N4O. The zero-order valence-electron chi connectivity index (χ0n) is 11.3. The van der Waals surface area contributed by atoms with Gasteiger partial charge < -0.3 is 10.2 Å². The molecule has 0 unspecified atom stereocenters. The fourth-order valence-corrected chi connectivity index (χ4v) is 2.59. The lowest BCUT2D eigenvalue weighted by molar-refractivity contribution is 0.0728. The maximum Gasteiger partial charge on any atom is 0.272 e. The normalized spacial score (nSPS) is 16.0. The fourth-order valence-electron chi connectivity index (χ4n) is 2.59. The monoisotopic (exact) mass is 258 g/mol. The van der Waals surface area contributed by atoms with Crippen LogP contribution < -0.4 is 5.32 Å². The number of fused-ring (bicyclic) bond motifs is 1. The van der Waals surface area contributed by atoms with Crippen LogP contribution in [-0.2, 0) is 0 Å². The number of aryl methyl sites for hydroxylation is 2. The number of hydrogen-bond acceptors (Lipinski definition) is 3. The summed E-state index contributed by atoms with van der Waals surface area (Å²) in [5, 5.41) is 3.26. The van der Waals surface area contributed by atoms with Gasteiger partial charge in [0.25, 0.3) is 5.91 Å². The van der Waals surface area contributed by atoms with E-state index in [1.165, 1.54) is 0 Å². The van der Waals surface area contributed by atoms with Crippen LogP contribution in [0.1, 0.15) is 21.7 Å². The molecule has 1 N–H and O–H groups in total. The van der Waals surface area contributed by atoms with E-state index in [0.29, 0.717) is 5.69 Å². The molecule has 2 aromatic heterocycles.